The molecule has 0 spiro atoms. The molecule has 1 aromatic carbocycles. The molecule has 1 aliphatic carbocycles. The molecule has 0 aliphatic heterocycles. The zero-order valence-corrected chi connectivity index (χ0v) is 19.5. The van der Waals surface area contributed by atoms with Gasteiger partial charge in [-0.05, 0) is 43.9 Å². The number of thiophene rings is 1. The number of fused-ring (bicyclic) bond motifs is 1. The van der Waals surface area contributed by atoms with Gasteiger partial charge in [0.15, 0.2) is 11.5 Å². The van der Waals surface area contributed by atoms with Crippen molar-refractivity contribution in [2.75, 3.05) is 40.2 Å². The third-order valence-corrected chi connectivity index (χ3v) is 6.69. The fourth-order valence-corrected chi connectivity index (χ4v) is 5.38. The first-order chi connectivity index (χ1) is 14.9. The highest BCUT2D eigenvalue weighted by atomic mass is 32.1. The van der Waals surface area contributed by atoms with Crippen LogP contribution < -0.4 is 19.5 Å². The van der Waals surface area contributed by atoms with E-state index in [-0.39, 0.29) is 12.5 Å². The summed E-state index contributed by atoms with van der Waals surface area (Å²) in [5.41, 5.74) is 2.63. The van der Waals surface area contributed by atoms with Crippen molar-refractivity contribution < 1.29 is 19.0 Å². The molecule has 0 saturated heterocycles. The van der Waals surface area contributed by atoms with Crippen LogP contribution in [0.15, 0.2) is 12.1 Å². The van der Waals surface area contributed by atoms with Crippen LogP contribution in [0, 0.1) is 17.2 Å². The molecule has 31 heavy (non-hydrogen) atoms. The number of nitrogens with zero attached hydrogens (tertiary/aromatic N) is 2. The Balaban J connectivity index is 1.69. The van der Waals surface area contributed by atoms with Crippen molar-refractivity contribution in [1.82, 2.24) is 4.90 Å². The summed E-state index contributed by atoms with van der Waals surface area (Å²) in [7, 11) is 6.58. The second-order valence-electron chi connectivity index (χ2n) is 7.88. The van der Waals surface area contributed by atoms with Gasteiger partial charge in [-0.15, -0.1) is 11.3 Å². The summed E-state index contributed by atoms with van der Waals surface area (Å²) in [5, 5.41) is 13.3. The lowest BCUT2D eigenvalue weighted by molar-refractivity contribution is -0.117. The number of carbonyl (C=O) groups excluding carboxylic acids is 1. The van der Waals surface area contributed by atoms with E-state index in [1.165, 1.54) is 4.88 Å². The van der Waals surface area contributed by atoms with Crippen LogP contribution >= 0.6 is 11.3 Å². The molecule has 7 nitrogen and oxygen atoms in total. The first kappa shape index (κ1) is 22.9. The Morgan fingerprint density at radius 2 is 2.00 bits per heavy atom. The number of hydrogen-bond acceptors (Lipinski definition) is 7. The van der Waals surface area contributed by atoms with Crippen LogP contribution in [0.3, 0.4) is 0 Å². The summed E-state index contributed by atoms with van der Waals surface area (Å²) in [5.74, 6) is 2.16. The summed E-state index contributed by atoms with van der Waals surface area (Å²) < 4.78 is 16.3. The summed E-state index contributed by atoms with van der Waals surface area (Å²) >= 11 is 1.54. The molecule has 3 rings (SSSR count). The largest absolute Gasteiger partial charge is 0.493 e. The number of nitriles is 1. The maximum atomic E-state index is 12.7. The zero-order chi connectivity index (χ0) is 22.5. The molecule has 0 unspecified atom stereocenters. The van der Waals surface area contributed by atoms with Gasteiger partial charge in [0.2, 0.25) is 11.7 Å². The third-order valence-electron chi connectivity index (χ3n) is 5.52. The van der Waals surface area contributed by atoms with Crippen molar-refractivity contribution in [2.45, 2.75) is 32.7 Å². The second-order valence-corrected chi connectivity index (χ2v) is 8.99. The molecule has 0 radical (unpaired) electrons. The molecule has 1 aliphatic rings. The molecule has 166 valence electrons. The van der Waals surface area contributed by atoms with Crippen molar-refractivity contribution >= 4 is 22.2 Å². The Bertz CT molecular complexity index is 996. The average Bonchev–Trinajstić information content (AvgIpc) is 3.08. The number of rotatable bonds is 8. The van der Waals surface area contributed by atoms with Crippen LogP contribution in [-0.2, 0) is 24.2 Å². The average molecular weight is 444 g/mol. The van der Waals surface area contributed by atoms with E-state index in [2.05, 4.69) is 18.3 Å². The summed E-state index contributed by atoms with van der Waals surface area (Å²) in [6, 6.07) is 6.02. The van der Waals surface area contributed by atoms with Crippen molar-refractivity contribution in [3.05, 3.63) is 33.7 Å². The van der Waals surface area contributed by atoms with Crippen LogP contribution in [0.4, 0.5) is 5.00 Å². The van der Waals surface area contributed by atoms with Crippen LogP contribution in [-0.4, -0.2) is 45.7 Å². The zero-order valence-electron chi connectivity index (χ0n) is 18.7. The Morgan fingerprint density at radius 3 is 2.65 bits per heavy atom. The molecule has 1 heterocycles. The Morgan fingerprint density at radius 1 is 1.26 bits per heavy atom. The Kier molecular flexibility index (Phi) is 7.42. The van der Waals surface area contributed by atoms with E-state index < -0.39 is 0 Å². The number of hydrogen-bond donors (Lipinski definition) is 1. The third kappa shape index (κ3) is 4.94. The lowest BCUT2D eigenvalue weighted by Crippen LogP contribution is -2.30. The highest BCUT2D eigenvalue weighted by Gasteiger charge is 2.25. The van der Waals surface area contributed by atoms with E-state index in [9.17, 15) is 10.1 Å². The standard InChI is InChI=1S/C23H29N3O4S/c1-14-6-8-16-17(11-24)23(31-19(16)10-14)25-20(27)13-26(2)12-15-7-9-18(28-3)22(30-5)21(15)29-4/h7,9,14H,6,8,10,12-13H2,1-5H3,(H,25,27)/t14-/m0/s1. The number of ether oxygens (including phenoxy) is 3. The van der Waals surface area contributed by atoms with Gasteiger partial charge < -0.3 is 19.5 Å². The molecule has 0 bridgehead atoms. The van der Waals surface area contributed by atoms with Gasteiger partial charge in [0.05, 0.1) is 33.4 Å². The number of nitrogens with one attached hydrogen (secondary N) is 1. The van der Waals surface area contributed by atoms with Crippen molar-refractivity contribution in [1.29, 1.82) is 5.26 Å². The van der Waals surface area contributed by atoms with E-state index in [1.807, 2.05) is 24.1 Å². The van der Waals surface area contributed by atoms with Crippen LogP contribution in [0.25, 0.3) is 0 Å². The number of anilines is 1. The predicted octanol–water partition coefficient (Wildman–Crippen LogP) is 3.84. The van der Waals surface area contributed by atoms with Gasteiger partial charge in [0, 0.05) is 17.0 Å². The topological polar surface area (TPSA) is 83.8 Å². The van der Waals surface area contributed by atoms with E-state index >= 15 is 0 Å². The summed E-state index contributed by atoms with van der Waals surface area (Å²) in [4.78, 5) is 15.8. The minimum Gasteiger partial charge on any atom is -0.493 e. The fourth-order valence-electron chi connectivity index (χ4n) is 4.00. The highest BCUT2D eigenvalue weighted by molar-refractivity contribution is 7.16. The minimum atomic E-state index is -0.148. The van der Waals surface area contributed by atoms with Crippen LogP contribution in [0.2, 0.25) is 0 Å². The molecule has 0 saturated carbocycles. The molecule has 1 amide bonds. The van der Waals surface area contributed by atoms with E-state index in [1.54, 1.807) is 32.7 Å². The first-order valence-electron chi connectivity index (χ1n) is 10.2. The van der Waals surface area contributed by atoms with Gasteiger partial charge in [-0.2, -0.15) is 5.26 Å². The van der Waals surface area contributed by atoms with E-state index in [0.717, 1.165) is 30.4 Å². The summed E-state index contributed by atoms with van der Waals surface area (Å²) in [6.45, 7) is 2.90. The van der Waals surface area contributed by atoms with Gasteiger partial charge in [-0.25, -0.2) is 0 Å². The van der Waals surface area contributed by atoms with Crippen LogP contribution in [0.1, 0.15) is 34.9 Å². The number of carbonyl (C=O) groups is 1. The van der Waals surface area contributed by atoms with Gasteiger partial charge in [-0.1, -0.05) is 13.0 Å². The molecule has 0 fully saturated rings. The maximum Gasteiger partial charge on any atom is 0.239 e. The maximum absolute atomic E-state index is 12.7. The molecule has 2 aromatic rings. The first-order valence-corrected chi connectivity index (χ1v) is 11.0. The lowest BCUT2D eigenvalue weighted by Gasteiger charge is -2.20. The monoisotopic (exact) mass is 443 g/mol. The van der Waals surface area contributed by atoms with Gasteiger partial charge in [0.1, 0.15) is 11.1 Å². The molecule has 1 atom stereocenters. The molecule has 1 aromatic heterocycles. The predicted molar refractivity (Wildman–Crippen MR) is 121 cm³/mol. The molecular weight excluding hydrogens is 414 g/mol. The Hall–Kier alpha value is -2.76. The molecule has 1 N–H and O–H groups in total. The van der Waals surface area contributed by atoms with Gasteiger partial charge >= 0.3 is 0 Å². The highest BCUT2D eigenvalue weighted by Crippen LogP contribution is 2.41. The number of likely N-dealkylation sites (N-methyl/N-ethyl adjacent to an activating group) is 1. The van der Waals surface area contributed by atoms with Crippen molar-refractivity contribution in [3.8, 4) is 23.3 Å². The molecular formula is C23H29N3O4S. The number of benzene rings is 1. The summed E-state index contributed by atoms with van der Waals surface area (Å²) in [6.07, 6.45) is 2.97. The Labute approximate surface area is 187 Å². The van der Waals surface area contributed by atoms with Gasteiger partial charge in [-0.3, -0.25) is 9.69 Å². The normalized spacial score (nSPS) is 15.2. The lowest BCUT2D eigenvalue weighted by atomic mass is 9.89. The smallest absolute Gasteiger partial charge is 0.239 e. The van der Waals surface area contributed by atoms with Gasteiger partial charge in [0.25, 0.3) is 0 Å². The van der Waals surface area contributed by atoms with Crippen LogP contribution in [0.5, 0.6) is 17.2 Å². The minimum absolute atomic E-state index is 0.148. The fraction of sp³-hybridized carbons (Fsp3) is 0.478. The van der Waals surface area contributed by atoms with E-state index in [4.69, 9.17) is 14.2 Å². The quantitative estimate of drug-likeness (QED) is 0.667. The van der Waals surface area contributed by atoms with Crippen molar-refractivity contribution in [3.63, 3.8) is 0 Å². The number of methoxy groups -OCH3 is 3. The molecule has 8 heteroatoms. The van der Waals surface area contributed by atoms with E-state index in [0.29, 0.717) is 40.3 Å². The number of amides is 1. The second kappa shape index (κ2) is 10.0. The SMILES string of the molecule is COc1ccc(CN(C)CC(=O)Nc2sc3c(c2C#N)CC[C@H](C)C3)c(OC)c1OC. The van der Waals surface area contributed by atoms with Crippen molar-refractivity contribution in [2.24, 2.45) is 5.92 Å².